The van der Waals surface area contributed by atoms with Crippen LogP contribution in [0, 0.1) is 0 Å². The second kappa shape index (κ2) is 5.09. The van der Waals surface area contributed by atoms with Gasteiger partial charge < -0.3 is 24.1 Å². The molecule has 0 saturated carbocycles. The Morgan fingerprint density at radius 3 is 2.55 bits per heavy atom. The maximum absolute atomic E-state index is 10.5. The minimum Gasteiger partial charge on any atom is -0.386 e. The number of methoxy groups -OCH3 is 1. The van der Waals surface area contributed by atoms with Crippen LogP contribution in [0.1, 0.15) is 25.5 Å². The van der Waals surface area contributed by atoms with Crippen molar-refractivity contribution in [2.24, 2.45) is 0 Å². The van der Waals surface area contributed by atoms with E-state index in [4.69, 9.17) is 18.9 Å². The lowest BCUT2D eigenvalue weighted by molar-refractivity contribution is -0.228. The van der Waals surface area contributed by atoms with Gasteiger partial charge in [-0.15, -0.1) is 0 Å². The highest BCUT2D eigenvalue weighted by molar-refractivity contribution is 5.19. The van der Waals surface area contributed by atoms with E-state index in [2.05, 4.69) is 0 Å². The van der Waals surface area contributed by atoms with Crippen LogP contribution in [0.15, 0.2) is 30.3 Å². The molecule has 5 atom stereocenters. The number of fused-ring (bicyclic) bond motifs is 1. The van der Waals surface area contributed by atoms with Gasteiger partial charge in [-0.05, 0) is 19.4 Å². The first-order chi connectivity index (χ1) is 9.52. The summed E-state index contributed by atoms with van der Waals surface area (Å²) in [4.78, 5) is 0. The van der Waals surface area contributed by atoms with Crippen molar-refractivity contribution in [3.05, 3.63) is 35.9 Å². The normalized spacial score (nSPS) is 36.8. The van der Waals surface area contributed by atoms with Crippen LogP contribution in [-0.2, 0) is 18.9 Å². The van der Waals surface area contributed by atoms with Crippen LogP contribution < -0.4 is 0 Å². The van der Waals surface area contributed by atoms with Crippen molar-refractivity contribution in [3.8, 4) is 0 Å². The summed E-state index contributed by atoms with van der Waals surface area (Å²) in [5, 5.41) is 10.5. The lowest BCUT2D eigenvalue weighted by Crippen LogP contribution is -2.39. The Morgan fingerprint density at radius 1 is 1.20 bits per heavy atom. The molecule has 3 rings (SSSR count). The molecule has 20 heavy (non-hydrogen) atoms. The Bertz CT molecular complexity index is 461. The van der Waals surface area contributed by atoms with Gasteiger partial charge in [-0.25, -0.2) is 0 Å². The molecule has 1 N–H and O–H groups in total. The third kappa shape index (κ3) is 2.36. The number of aliphatic hydroxyl groups excluding tert-OH is 1. The summed E-state index contributed by atoms with van der Waals surface area (Å²) in [7, 11) is 1.59. The number of hydrogen-bond donors (Lipinski definition) is 1. The number of benzene rings is 1. The van der Waals surface area contributed by atoms with Crippen molar-refractivity contribution in [2.45, 2.75) is 50.3 Å². The Kier molecular flexibility index (Phi) is 3.56. The molecule has 5 nitrogen and oxygen atoms in total. The molecule has 0 spiro atoms. The second-order valence-corrected chi connectivity index (χ2v) is 5.63. The van der Waals surface area contributed by atoms with Crippen LogP contribution in [0.5, 0.6) is 0 Å². The van der Waals surface area contributed by atoms with Gasteiger partial charge in [0.25, 0.3) is 0 Å². The van der Waals surface area contributed by atoms with Crippen LogP contribution >= 0.6 is 0 Å². The van der Waals surface area contributed by atoms with Gasteiger partial charge in [0.05, 0.1) is 0 Å². The molecular formula is C15H20O5. The molecule has 2 fully saturated rings. The summed E-state index contributed by atoms with van der Waals surface area (Å²) in [5.74, 6) is -0.686. The summed E-state index contributed by atoms with van der Waals surface area (Å²) < 4.78 is 22.8. The summed E-state index contributed by atoms with van der Waals surface area (Å²) in [6.07, 6.45) is -2.47. The maximum Gasteiger partial charge on any atom is 0.190 e. The van der Waals surface area contributed by atoms with Crippen molar-refractivity contribution >= 4 is 0 Å². The molecule has 1 aromatic rings. The third-order valence-electron chi connectivity index (χ3n) is 3.75. The number of ether oxygens (including phenoxy) is 4. The average Bonchev–Trinajstić information content (AvgIpc) is 2.90. The van der Waals surface area contributed by atoms with Crippen LogP contribution in [0.3, 0.4) is 0 Å². The Balaban J connectivity index is 1.79. The van der Waals surface area contributed by atoms with E-state index in [1.165, 1.54) is 0 Å². The van der Waals surface area contributed by atoms with Gasteiger partial charge in [0, 0.05) is 7.11 Å². The number of rotatable bonds is 3. The van der Waals surface area contributed by atoms with Crippen molar-refractivity contribution < 1.29 is 24.1 Å². The highest BCUT2D eigenvalue weighted by Crippen LogP contribution is 2.41. The average molecular weight is 280 g/mol. The summed E-state index contributed by atoms with van der Waals surface area (Å²) >= 11 is 0. The first-order valence-electron chi connectivity index (χ1n) is 6.79. The van der Waals surface area contributed by atoms with Crippen molar-refractivity contribution in [3.63, 3.8) is 0 Å². The molecule has 2 aliphatic heterocycles. The van der Waals surface area contributed by atoms with Gasteiger partial charge in [0.1, 0.15) is 24.4 Å². The molecule has 5 heteroatoms. The van der Waals surface area contributed by atoms with E-state index in [1.54, 1.807) is 7.11 Å². The zero-order chi connectivity index (χ0) is 14.3. The fraction of sp³-hybridized carbons (Fsp3) is 0.600. The van der Waals surface area contributed by atoms with Crippen LogP contribution in [-0.4, -0.2) is 42.6 Å². The monoisotopic (exact) mass is 280 g/mol. The smallest absolute Gasteiger partial charge is 0.190 e. The highest BCUT2D eigenvalue weighted by atomic mass is 16.8. The third-order valence-corrected chi connectivity index (χ3v) is 3.75. The molecule has 0 bridgehead atoms. The van der Waals surface area contributed by atoms with E-state index < -0.39 is 24.3 Å². The quantitative estimate of drug-likeness (QED) is 0.911. The molecule has 0 radical (unpaired) electrons. The van der Waals surface area contributed by atoms with Crippen LogP contribution in [0.2, 0.25) is 0 Å². The maximum atomic E-state index is 10.5. The van der Waals surface area contributed by atoms with Crippen molar-refractivity contribution in [1.82, 2.24) is 0 Å². The van der Waals surface area contributed by atoms with E-state index in [-0.39, 0.29) is 12.2 Å². The van der Waals surface area contributed by atoms with Gasteiger partial charge in [0.2, 0.25) is 0 Å². The highest BCUT2D eigenvalue weighted by Gasteiger charge is 2.56. The number of aliphatic hydroxyl groups is 1. The zero-order valence-electron chi connectivity index (χ0n) is 11.9. The van der Waals surface area contributed by atoms with Gasteiger partial charge in [-0.1, -0.05) is 30.3 Å². The number of hydrogen-bond acceptors (Lipinski definition) is 5. The van der Waals surface area contributed by atoms with Gasteiger partial charge in [-0.3, -0.25) is 0 Å². The van der Waals surface area contributed by atoms with Crippen LogP contribution in [0.25, 0.3) is 0 Å². The molecule has 2 saturated heterocycles. The van der Waals surface area contributed by atoms with E-state index in [9.17, 15) is 5.11 Å². The largest absolute Gasteiger partial charge is 0.386 e. The SMILES string of the molecule is CO[C@@H]1[C@H]2OC(C)(C)O[C@H]2O[C@@H]1[C@@H](O)c1ccccc1. The van der Waals surface area contributed by atoms with E-state index >= 15 is 0 Å². The van der Waals surface area contributed by atoms with E-state index in [1.807, 2.05) is 44.2 Å². The lowest BCUT2D eigenvalue weighted by atomic mass is 9.99. The van der Waals surface area contributed by atoms with Gasteiger partial charge >= 0.3 is 0 Å². The molecule has 0 aliphatic carbocycles. The topological polar surface area (TPSA) is 57.2 Å². The Morgan fingerprint density at radius 2 is 1.90 bits per heavy atom. The molecule has 1 aromatic carbocycles. The molecule has 2 aliphatic rings. The van der Waals surface area contributed by atoms with Gasteiger partial charge in [-0.2, -0.15) is 0 Å². The minimum absolute atomic E-state index is 0.321. The summed E-state index contributed by atoms with van der Waals surface area (Å²) in [6, 6.07) is 9.39. The standard InChI is InChI=1S/C15H20O5/c1-15(2)19-13-12(17-3)11(18-14(13)20-15)10(16)9-7-5-4-6-8-9/h4-8,10-14,16H,1-3H3/t10-,11+,12-,13+,14+/m0/s1. The minimum atomic E-state index is -0.776. The molecule has 0 unspecified atom stereocenters. The fourth-order valence-corrected chi connectivity index (χ4v) is 2.87. The predicted molar refractivity (Wildman–Crippen MR) is 70.9 cm³/mol. The van der Waals surface area contributed by atoms with Crippen molar-refractivity contribution in [1.29, 1.82) is 0 Å². The Hall–Kier alpha value is -0.980. The Labute approximate surface area is 118 Å². The zero-order valence-corrected chi connectivity index (χ0v) is 11.9. The van der Waals surface area contributed by atoms with E-state index in [0.29, 0.717) is 0 Å². The first kappa shape index (κ1) is 14.0. The molecular weight excluding hydrogens is 260 g/mol. The summed E-state index contributed by atoms with van der Waals surface area (Å²) in [5.41, 5.74) is 0.791. The van der Waals surface area contributed by atoms with Crippen molar-refractivity contribution in [2.75, 3.05) is 7.11 Å². The second-order valence-electron chi connectivity index (χ2n) is 5.63. The molecule has 0 aromatic heterocycles. The molecule has 110 valence electrons. The first-order valence-corrected chi connectivity index (χ1v) is 6.79. The summed E-state index contributed by atoms with van der Waals surface area (Å²) in [6.45, 7) is 3.67. The predicted octanol–water partition coefficient (Wildman–Crippen LogP) is 1.61. The fourth-order valence-electron chi connectivity index (χ4n) is 2.87. The molecule has 0 amide bonds. The lowest BCUT2D eigenvalue weighted by Gasteiger charge is -2.27. The van der Waals surface area contributed by atoms with Gasteiger partial charge in [0.15, 0.2) is 12.1 Å². The molecule has 2 heterocycles. The van der Waals surface area contributed by atoms with E-state index in [0.717, 1.165) is 5.56 Å². The van der Waals surface area contributed by atoms with Crippen LogP contribution in [0.4, 0.5) is 0 Å².